The van der Waals surface area contributed by atoms with E-state index in [1.54, 1.807) is 50.3 Å². The Morgan fingerprint density at radius 2 is 1.92 bits per heavy atom. The number of primary amides is 1. The van der Waals surface area contributed by atoms with Crippen molar-refractivity contribution >= 4 is 47.6 Å². The zero-order valence-corrected chi connectivity index (χ0v) is 21.6. The average molecular weight is 546 g/mol. The molecule has 1 fully saturated rings. The Labute approximate surface area is 222 Å². The number of β-lactam (4-membered cyclic amide) rings is 1. The fourth-order valence-corrected chi connectivity index (χ4v) is 5.16. The fraction of sp³-hybridized carbons (Fsp3) is 0.333. The fourth-order valence-electron chi connectivity index (χ4n) is 3.84. The maximum absolute atomic E-state index is 13.3. The lowest BCUT2D eigenvalue weighted by molar-refractivity contribution is -0.151. The summed E-state index contributed by atoms with van der Waals surface area (Å²) in [4.78, 5) is 76.1. The van der Waals surface area contributed by atoms with Crippen LogP contribution in [0.25, 0.3) is 0 Å². The SMILES string of the molecule is C/C=C(\C)C(=O)N(C)C(=O)NC(C(=O)NC1C(=O)N2C(C(=O)O)=C(COC(N)=O)CS[C@H]12)c1ccccc1. The third kappa shape index (κ3) is 5.80. The second kappa shape index (κ2) is 11.8. The van der Waals surface area contributed by atoms with Crippen LogP contribution in [0.15, 0.2) is 53.3 Å². The summed E-state index contributed by atoms with van der Waals surface area (Å²) in [6.07, 6.45) is 0.464. The lowest BCUT2D eigenvalue weighted by Crippen LogP contribution is -2.71. The molecule has 13 nitrogen and oxygen atoms in total. The molecule has 0 aliphatic carbocycles. The lowest BCUT2D eigenvalue weighted by Gasteiger charge is -2.49. The van der Waals surface area contributed by atoms with E-state index >= 15 is 0 Å². The molecule has 5 N–H and O–H groups in total. The summed E-state index contributed by atoms with van der Waals surface area (Å²) in [5.41, 5.74) is 5.55. The molecule has 2 aliphatic heterocycles. The zero-order valence-electron chi connectivity index (χ0n) is 20.8. The number of carboxylic acid groups (broad SMARTS) is 1. The van der Waals surface area contributed by atoms with Gasteiger partial charge in [0.15, 0.2) is 0 Å². The van der Waals surface area contributed by atoms with Crippen LogP contribution in [0.1, 0.15) is 25.5 Å². The number of amides is 6. The molecule has 0 spiro atoms. The summed E-state index contributed by atoms with van der Waals surface area (Å²) < 4.78 is 4.70. The van der Waals surface area contributed by atoms with Crippen molar-refractivity contribution in [2.45, 2.75) is 31.3 Å². The van der Waals surface area contributed by atoms with Crippen LogP contribution in [0, 0.1) is 0 Å². The van der Waals surface area contributed by atoms with Gasteiger partial charge in [0.1, 0.15) is 29.8 Å². The van der Waals surface area contributed by atoms with E-state index in [4.69, 9.17) is 10.5 Å². The topological polar surface area (TPSA) is 188 Å². The Kier molecular flexibility index (Phi) is 8.78. The summed E-state index contributed by atoms with van der Waals surface area (Å²) in [7, 11) is 1.27. The van der Waals surface area contributed by atoms with Gasteiger partial charge in [-0.3, -0.25) is 24.2 Å². The number of urea groups is 1. The summed E-state index contributed by atoms with van der Waals surface area (Å²) in [5.74, 6) is -3.24. The maximum Gasteiger partial charge on any atom is 0.404 e. The molecule has 14 heteroatoms. The number of hydrogen-bond donors (Lipinski definition) is 4. The van der Waals surface area contributed by atoms with Gasteiger partial charge < -0.3 is 26.2 Å². The zero-order chi connectivity index (χ0) is 28.1. The molecule has 2 heterocycles. The van der Waals surface area contributed by atoms with E-state index in [1.807, 2.05) is 0 Å². The van der Waals surface area contributed by atoms with E-state index < -0.39 is 59.9 Å². The van der Waals surface area contributed by atoms with E-state index in [0.717, 1.165) is 9.80 Å². The number of nitrogens with zero attached hydrogens (tertiary/aromatic N) is 2. The monoisotopic (exact) mass is 545 g/mol. The van der Waals surface area contributed by atoms with E-state index in [-0.39, 0.29) is 17.0 Å². The number of nitrogens with one attached hydrogen (secondary N) is 2. The number of ether oxygens (including phenoxy) is 1. The number of nitrogens with two attached hydrogens (primary N) is 1. The van der Waals surface area contributed by atoms with Gasteiger partial charge in [-0.25, -0.2) is 14.4 Å². The normalized spacial score (nSPS) is 19.5. The number of imide groups is 1. The van der Waals surface area contributed by atoms with Crippen molar-refractivity contribution in [1.29, 1.82) is 0 Å². The van der Waals surface area contributed by atoms with Crippen LogP contribution in [0.2, 0.25) is 0 Å². The third-order valence-corrected chi connectivity index (χ3v) is 7.32. The summed E-state index contributed by atoms with van der Waals surface area (Å²) in [6, 6.07) is 5.08. The quantitative estimate of drug-likeness (QED) is 0.269. The van der Waals surface area contributed by atoms with Crippen molar-refractivity contribution in [3.05, 3.63) is 58.8 Å². The summed E-state index contributed by atoms with van der Waals surface area (Å²) in [5, 5.41) is 14.1. The molecule has 202 valence electrons. The average Bonchev–Trinajstić information content (AvgIpc) is 2.91. The Hall–Kier alpha value is -4.33. The molecule has 1 aromatic carbocycles. The number of fused-ring (bicyclic) bond motifs is 1. The highest BCUT2D eigenvalue weighted by atomic mass is 32.2. The Balaban J connectivity index is 1.79. The standard InChI is InChI=1S/C24H27N5O8S/c1-4-12(2)19(31)28(3)24(36)27-15(13-8-6-5-7-9-13)18(30)26-16-20(32)29-17(22(33)34)14(10-37-23(25)35)11-38-21(16)29/h4-9,15-16,21H,10-11H2,1-3H3,(H2,25,35)(H,26,30)(H,27,36)(H,33,34)/b12-4+/t15?,16?,21-/m1/s1. The third-order valence-electron chi connectivity index (χ3n) is 5.98. The minimum absolute atomic E-state index is 0.117. The predicted molar refractivity (Wildman–Crippen MR) is 135 cm³/mol. The van der Waals surface area contributed by atoms with E-state index in [0.29, 0.717) is 11.1 Å². The second-order valence-electron chi connectivity index (χ2n) is 8.39. The lowest BCUT2D eigenvalue weighted by atomic mass is 10.0. The largest absolute Gasteiger partial charge is 0.477 e. The first-order valence-corrected chi connectivity index (χ1v) is 12.4. The van der Waals surface area contributed by atoms with Gasteiger partial charge in [-0.1, -0.05) is 36.4 Å². The molecule has 0 saturated carbocycles. The Morgan fingerprint density at radius 1 is 1.26 bits per heavy atom. The molecule has 6 amide bonds. The van der Waals surface area contributed by atoms with Crippen LogP contribution in [-0.2, 0) is 23.9 Å². The molecule has 3 atom stereocenters. The first-order valence-electron chi connectivity index (χ1n) is 11.4. The molecule has 38 heavy (non-hydrogen) atoms. The minimum Gasteiger partial charge on any atom is -0.477 e. The minimum atomic E-state index is -1.39. The molecule has 3 rings (SSSR count). The number of likely N-dealkylation sites (N-methyl/N-ethyl adjacent to an activating group) is 1. The highest BCUT2D eigenvalue weighted by Gasteiger charge is 2.54. The van der Waals surface area contributed by atoms with Crippen LogP contribution in [0.4, 0.5) is 9.59 Å². The van der Waals surface area contributed by atoms with Crippen molar-refractivity contribution in [3.63, 3.8) is 0 Å². The van der Waals surface area contributed by atoms with Crippen molar-refractivity contribution in [2.75, 3.05) is 19.4 Å². The molecule has 2 unspecified atom stereocenters. The van der Waals surface area contributed by atoms with Gasteiger partial charge in [-0.2, -0.15) is 0 Å². The molecule has 1 saturated heterocycles. The number of benzene rings is 1. The number of aliphatic carboxylic acids is 1. The summed E-state index contributed by atoms with van der Waals surface area (Å²) >= 11 is 1.17. The molecule has 2 aliphatic rings. The first-order chi connectivity index (χ1) is 18.0. The van der Waals surface area contributed by atoms with Crippen LogP contribution in [0.3, 0.4) is 0 Å². The number of thioether (sulfide) groups is 1. The van der Waals surface area contributed by atoms with Gasteiger partial charge in [0.2, 0.25) is 5.91 Å². The van der Waals surface area contributed by atoms with Crippen molar-refractivity contribution in [3.8, 4) is 0 Å². The van der Waals surface area contributed by atoms with E-state index in [2.05, 4.69) is 10.6 Å². The van der Waals surface area contributed by atoms with E-state index in [9.17, 15) is 33.9 Å². The highest BCUT2D eigenvalue weighted by molar-refractivity contribution is 8.00. The number of carboxylic acids is 1. The molecule has 0 aromatic heterocycles. The van der Waals surface area contributed by atoms with Crippen LogP contribution in [0.5, 0.6) is 0 Å². The maximum atomic E-state index is 13.3. The van der Waals surface area contributed by atoms with E-state index in [1.165, 1.54) is 18.8 Å². The number of carbonyl (C=O) groups is 6. The van der Waals surface area contributed by atoms with Gasteiger partial charge >= 0.3 is 18.1 Å². The second-order valence-corrected chi connectivity index (χ2v) is 9.50. The van der Waals surface area contributed by atoms with Gasteiger partial charge in [-0.15, -0.1) is 11.8 Å². The van der Waals surface area contributed by atoms with Gasteiger partial charge in [0, 0.05) is 23.9 Å². The number of rotatable bonds is 8. The van der Waals surface area contributed by atoms with Crippen LogP contribution < -0.4 is 16.4 Å². The molecule has 1 aromatic rings. The smallest absolute Gasteiger partial charge is 0.404 e. The van der Waals surface area contributed by atoms with Crippen molar-refractivity contribution in [2.24, 2.45) is 5.73 Å². The molecular weight excluding hydrogens is 518 g/mol. The number of allylic oxidation sites excluding steroid dienone is 1. The summed E-state index contributed by atoms with van der Waals surface area (Å²) in [6.45, 7) is 2.81. The Morgan fingerprint density at radius 3 is 2.50 bits per heavy atom. The van der Waals surface area contributed by atoms with Gasteiger partial charge in [-0.05, 0) is 19.4 Å². The Bertz CT molecular complexity index is 1230. The predicted octanol–water partition coefficient (Wildman–Crippen LogP) is 0.696. The molecule has 0 bridgehead atoms. The van der Waals surface area contributed by atoms with Crippen LogP contribution in [-0.4, -0.2) is 81.5 Å². The molecular formula is C24H27N5O8S. The van der Waals surface area contributed by atoms with Crippen molar-refractivity contribution in [1.82, 2.24) is 20.4 Å². The molecule has 0 radical (unpaired) electrons. The number of carbonyl (C=O) groups excluding carboxylic acids is 5. The number of hydrogen-bond acceptors (Lipinski definition) is 8. The first kappa shape index (κ1) is 28.2. The van der Waals surface area contributed by atoms with Crippen LogP contribution >= 0.6 is 11.8 Å². The highest BCUT2D eigenvalue weighted by Crippen LogP contribution is 2.40. The van der Waals surface area contributed by atoms with Gasteiger partial charge in [0.25, 0.3) is 11.8 Å². The van der Waals surface area contributed by atoms with Gasteiger partial charge in [0.05, 0.1) is 0 Å². The van der Waals surface area contributed by atoms with Crippen molar-refractivity contribution < 1.29 is 38.6 Å².